The van der Waals surface area contributed by atoms with Crippen molar-refractivity contribution in [2.45, 2.75) is 16.7 Å². The van der Waals surface area contributed by atoms with Crippen LogP contribution in [-0.2, 0) is 14.6 Å². The van der Waals surface area contributed by atoms with Gasteiger partial charge in [0.2, 0.25) is 0 Å². The fraction of sp³-hybridized carbons (Fsp3) is 0.167. The fourth-order valence-corrected chi connectivity index (χ4v) is 5.97. The Morgan fingerprint density at radius 1 is 1.32 bits per heavy atom. The van der Waals surface area contributed by atoms with Crippen molar-refractivity contribution in [2.24, 2.45) is 5.10 Å². The standard InChI is InChI=1S/C18H13N3O4S3/c19-10-12-5-6-18(27-12)28(23,24)11-17(22)21-14(15-3-1-7-25-15)9-13(20-21)16-4-2-8-26-16/h1-8,14H,9,11H2. The summed E-state index contributed by atoms with van der Waals surface area (Å²) in [5, 5.41) is 16.4. The van der Waals surface area contributed by atoms with E-state index in [1.54, 1.807) is 12.1 Å². The normalized spacial score (nSPS) is 16.8. The van der Waals surface area contributed by atoms with Crippen molar-refractivity contribution < 1.29 is 17.6 Å². The van der Waals surface area contributed by atoms with Gasteiger partial charge in [0.1, 0.15) is 32.7 Å². The van der Waals surface area contributed by atoms with Crippen molar-refractivity contribution >= 4 is 44.1 Å². The number of sulfone groups is 1. The van der Waals surface area contributed by atoms with E-state index < -0.39 is 27.5 Å². The van der Waals surface area contributed by atoms with E-state index in [4.69, 9.17) is 9.68 Å². The molecule has 0 spiro atoms. The minimum atomic E-state index is -3.87. The van der Waals surface area contributed by atoms with Gasteiger partial charge in [-0.3, -0.25) is 4.79 Å². The molecule has 0 radical (unpaired) electrons. The molecule has 1 unspecified atom stereocenters. The van der Waals surface area contributed by atoms with E-state index in [2.05, 4.69) is 5.10 Å². The summed E-state index contributed by atoms with van der Waals surface area (Å²) in [5.41, 5.74) is 0.713. The fourth-order valence-electron chi connectivity index (χ4n) is 2.88. The summed E-state index contributed by atoms with van der Waals surface area (Å²) in [4.78, 5) is 14.1. The van der Waals surface area contributed by atoms with E-state index in [1.165, 1.54) is 34.7 Å². The first-order valence-corrected chi connectivity index (χ1v) is 11.5. The summed E-state index contributed by atoms with van der Waals surface area (Å²) in [6, 6.07) is 11.4. The Kier molecular flexibility index (Phi) is 4.89. The highest BCUT2D eigenvalue weighted by Crippen LogP contribution is 2.34. The molecule has 10 heteroatoms. The van der Waals surface area contributed by atoms with Crippen LogP contribution in [0.4, 0.5) is 0 Å². The molecule has 0 aliphatic carbocycles. The highest BCUT2D eigenvalue weighted by Gasteiger charge is 2.37. The van der Waals surface area contributed by atoms with Crippen molar-refractivity contribution in [3.8, 4) is 6.07 Å². The molecule has 28 heavy (non-hydrogen) atoms. The van der Waals surface area contributed by atoms with Crippen molar-refractivity contribution in [3.63, 3.8) is 0 Å². The topological polar surface area (TPSA) is 104 Å². The third-order valence-corrected chi connectivity index (χ3v) is 8.25. The van der Waals surface area contributed by atoms with E-state index in [9.17, 15) is 13.2 Å². The zero-order valence-electron chi connectivity index (χ0n) is 14.3. The van der Waals surface area contributed by atoms with Gasteiger partial charge in [0, 0.05) is 6.42 Å². The lowest BCUT2D eigenvalue weighted by molar-refractivity contribution is -0.130. The van der Waals surface area contributed by atoms with Crippen LogP contribution < -0.4 is 0 Å². The lowest BCUT2D eigenvalue weighted by Crippen LogP contribution is -2.32. The lowest BCUT2D eigenvalue weighted by Gasteiger charge is -2.19. The van der Waals surface area contributed by atoms with Crippen LogP contribution in [0, 0.1) is 11.3 Å². The third kappa shape index (κ3) is 3.52. The first-order chi connectivity index (χ1) is 13.5. The Hall–Kier alpha value is -2.74. The van der Waals surface area contributed by atoms with E-state index in [-0.39, 0.29) is 9.09 Å². The molecule has 4 rings (SSSR count). The first-order valence-electron chi connectivity index (χ1n) is 8.17. The average molecular weight is 432 g/mol. The zero-order valence-corrected chi connectivity index (χ0v) is 16.8. The monoisotopic (exact) mass is 431 g/mol. The Bertz CT molecular complexity index is 1170. The highest BCUT2D eigenvalue weighted by atomic mass is 32.2. The Morgan fingerprint density at radius 3 is 2.82 bits per heavy atom. The molecule has 0 bridgehead atoms. The number of hydrogen-bond acceptors (Lipinski definition) is 8. The molecule has 3 aromatic heterocycles. The van der Waals surface area contributed by atoms with Gasteiger partial charge < -0.3 is 4.42 Å². The maximum atomic E-state index is 12.9. The number of carbonyl (C=O) groups is 1. The number of rotatable bonds is 5. The molecule has 0 saturated carbocycles. The predicted molar refractivity (Wildman–Crippen MR) is 105 cm³/mol. The maximum Gasteiger partial charge on any atom is 0.258 e. The van der Waals surface area contributed by atoms with Gasteiger partial charge in [-0.25, -0.2) is 13.4 Å². The Labute approximate surface area is 169 Å². The van der Waals surface area contributed by atoms with Crippen molar-refractivity contribution in [3.05, 3.63) is 63.6 Å². The smallest absolute Gasteiger partial charge is 0.258 e. The second kappa shape index (κ2) is 7.35. The van der Waals surface area contributed by atoms with Crippen molar-refractivity contribution in [2.75, 3.05) is 5.75 Å². The second-order valence-electron chi connectivity index (χ2n) is 5.99. The molecular weight excluding hydrogens is 418 g/mol. The van der Waals surface area contributed by atoms with Gasteiger partial charge in [-0.1, -0.05) is 6.07 Å². The number of hydrogen-bond donors (Lipinski definition) is 0. The van der Waals surface area contributed by atoms with Gasteiger partial charge in [0.05, 0.1) is 16.9 Å². The van der Waals surface area contributed by atoms with Gasteiger partial charge in [0.15, 0.2) is 9.84 Å². The van der Waals surface area contributed by atoms with Crippen LogP contribution in [0.3, 0.4) is 0 Å². The van der Waals surface area contributed by atoms with Crippen molar-refractivity contribution in [1.29, 1.82) is 5.26 Å². The van der Waals surface area contributed by atoms with Crippen LogP contribution in [0.15, 0.2) is 61.8 Å². The molecular formula is C18H13N3O4S3. The number of thiophene rings is 2. The van der Waals surface area contributed by atoms with Gasteiger partial charge in [0.25, 0.3) is 5.91 Å². The van der Waals surface area contributed by atoms with Gasteiger partial charge in [-0.2, -0.15) is 10.4 Å². The van der Waals surface area contributed by atoms with E-state index in [0.717, 1.165) is 16.2 Å². The molecule has 142 valence electrons. The molecule has 1 aliphatic heterocycles. The number of hydrazone groups is 1. The molecule has 7 nitrogen and oxygen atoms in total. The summed E-state index contributed by atoms with van der Waals surface area (Å²) >= 11 is 2.35. The second-order valence-corrected chi connectivity index (χ2v) is 10.2. The number of amides is 1. The molecule has 0 fully saturated rings. The summed E-state index contributed by atoms with van der Waals surface area (Å²) in [6.07, 6.45) is 1.95. The predicted octanol–water partition coefficient (Wildman–Crippen LogP) is 3.43. The summed E-state index contributed by atoms with van der Waals surface area (Å²) in [5.74, 6) is -0.819. The molecule has 3 aromatic rings. The molecule has 0 aromatic carbocycles. The summed E-state index contributed by atoms with van der Waals surface area (Å²) in [7, 11) is -3.87. The van der Waals surface area contributed by atoms with Crippen LogP contribution >= 0.6 is 22.7 Å². The largest absolute Gasteiger partial charge is 0.467 e. The van der Waals surface area contributed by atoms with E-state index >= 15 is 0 Å². The van der Waals surface area contributed by atoms with Crippen LogP contribution in [0.2, 0.25) is 0 Å². The highest BCUT2D eigenvalue weighted by molar-refractivity contribution is 7.94. The third-order valence-electron chi connectivity index (χ3n) is 4.15. The molecule has 0 N–H and O–H groups in total. The zero-order chi connectivity index (χ0) is 19.7. The van der Waals surface area contributed by atoms with Crippen molar-refractivity contribution in [1.82, 2.24) is 5.01 Å². The lowest BCUT2D eigenvalue weighted by atomic mass is 10.1. The molecule has 4 heterocycles. The Morgan fingerprint density at radius 2 is 2.18 bits per heavy atom. The molecule has 1 amide bonds. The van der Waals surface area contributed by atoms with Crippen LogP contribution in [0.1, 0.15) is 28.0 Å². The Balaban J connectivity index is 1.62. The minimum Gasteiger partial charge on any atom is -0.467 e. The van der Waals surface area contributed by atoms with E-state index in [0.29, 0.717) is 17.9 Å². The quantitative estimate of drug-likeness (QED) is 0.616. The van der Waals surface area contributed by atoms with Crippen LogP contribution in [-0.4, -0.2) is 30.8 Å². The SMILES string of the molecule is N#Cc1ccc(S(=O)(=O)CC(=O)N2N=C(c3cccs3)CC2c2ccco2)s1. The number of nitriles is 1. The maximum absolute atomic E-state index is 12.9. The molecule has 1 aliphatic rings. The van der Waals surface area contributed by atoms with Crippen LogP contribution in [0.25, 0.3) is 0 Å². The summed E-state index contributed by atoms with van der Waals surface area (Å²) < 4.78 is 30.7. The molecule has 1 atom stereocenters. The number of furan rings is 1. The van der Waals surface area contributed by atoms with E-state index in [1.807, 2.05) is 23.6 Å². The average Bonchev–Trinajstić information content (AvgIpc) is 3.48. The van der Waals surface area contributed by atoms with Gasteiger partial charge >= 0.3 is 0 Å². The van der Waals surface area contributed by atoms with Gasteiger partial charge in [-0.05, 0) is 35.7 Å². The minimum absolute atomic E-state index is 0.00592. The first kappa shape index (κ1) is 18.6. The number of nitrogens with zero attached hydrogens (tertiary/aromatic N) is 3. The van der Waals surface area contributed by atoms with Gasteiger partial charge in [-0.15, -0.1) is 22.7 Å². The van der Waals surface area contributed by atoms with Crippen LogP contribution in [0.5, 0.6) is 0 Å². The number of carbonyl (C=O) groups excluding carboxylic acids is 1. The summed E-state index contributed by atoms with van der Waals surface area (Å²) in [6.45, 7) is 0. The molecule has 0 saturated heterocycles.